The van der Waals surface area contributed by atoms with E-state index in [2.05, 4.69) is 4.98 Å². The molecule has 0 aliphatic heterocycles. The summed E-state index contributed by atoms with van der Waals surface area (Å²) in [6, 6.07) is 3.16. The lowest BCUT2D eigenvalue weighted by Gasteiger charge is -2.04. The highest BCUT2D eigenvalue weighted by Gasteiger charge is 2.07. The molecule has 5 heteroatoms. The quantitative estimate of drug-likeness (QED) is 0.553. The number of aliphatic hydroxyl groups is 1. The van der Waals surface area contributed by atoms with Crippen LogP contribution in [0.4, 0.5) is 5.69 Å². The van der Waals surface area contributed by atoms with Gasteiger partial charge in [-0.3, -0.25) is 0 Å². The first kappa shape index (κ1) is 13.4. The van der Waals surface area contributed by atoms with Gasteiger partial charge in [0.2, 0.25) is 0 Å². The van der Waals surface area contributed by atoms with Crippen LogP contribution >= 0.6 is 0 Å². The number of carbonyl (C=O) groups is 1. The van der Waals surface area contributed by atoms with E-state index in [1.807, 2.05) is 0 Å². The van der Waals surface area contributed by atoms with Crippen molar-refractivity contribution in [3.63, 3.8) is 0 Å². The summed E-state index contributed by atoms with van der Waals surface area (Å²) in [6.07, 6.45) is 4.93. The van der Waals surface area contributed by atoms with Crippen molar-refractivity contribution in [2.24, 2.45) is 0 Å². The Morgan fingerprint density at radius 1 is 1.29 bits per heavy atom. The molecule has 0 amide bonds. The van der Waals surface area contributed by atoms with Crippen LogP contribution in [-0.4, -0.2) is 29.3 Å². The second-order valence-electron chi connectivity index (χ2n) is 3.75. The molecular formula is C12H18N2O3. The maximum absolute atomic E-state index is 11.5. The van der Waals surface area contributed by atoms with Crippen molar-refractivity contribution in [1.82, 2.24) is 4.98 Å². The third kappa shape index (κ3) is 5.31. The zero-order chi connectivity index (χ0) is 12.5. The number of pyridine rings is 1. The number of hydrogen-bond donors (Lipinski definition) is 2. The number of unbranched alkanes of at least 4 members (excludes halogenated alkanes) is 3. The van der Waals surface area contributed by atoms with Crippen LogP contribution in [0.3, 0.4) is 0 Å². The molecule has 0 saturated carbocycles. The monoisotopic (exact) mass is 238 g/mol. The van der Waals surface area contributed by atoms with Crippen molar-refractivity contribution in [3.05, 3.63) is 24.0 Å². The molecule has 0 aromatic carbocycles. The molecule has 1 rings (SSSR count). The molecule has 0 aliphatic carbocycles. The van der Waals surface area contributed by atoms with Gasteiger partial charge >= 0.3 is 5.97 Å². The van der Waals surface area contributed by atoms with Crippen LogP contribution in [0.1, 0.15) is 36.2 Å². The van der Waals surface area contributed by atoms with Gasteiger partial charge in [-0.25, -0.2) is 9.78 Å². The minimum Gasteiger partial charge on any atom is -0.461 e. The van der Waals surface area contributed by atoms with Crippen molar-refractivity contribution in [3.8, 4) is 0 Å². The fourth-order valence-electron chi connectivity index (χ4n) is 1.33. The average Bonchev–Trinajstić information content (AvgIpc) is 2.34. The summed E-state index contributed by atoms with van der Waals surface area (Å²) in [4.78, 5) is 15.4. The Balaban J connectivity index is 2.19. The van der Waals surface area contributed by atoms with Gasteiger partial charge in [0, 0.05) is 6.61 Å². The fraction of sp³-hybridized carbons (Fsp3) is 0.500. The van der Waals surface area contributed by atoms with E-state index >= 15 is 0 Å². The molecule has 0 bridgehead atoms. The first-order valence-corrected chi connectivity index (χ1v) is 5.73. The predicted molar refractivity (Wildman–Crippen MR) is 64.5 cm³/mol. The first-order valence-electron chi connectivity index (χ1n) is 5.73. The molecule has 0 atom stereocenters. The number of hydrogen-bond acceptors (Lipinski definition) is 5. The molecule has 0 fully saturated rings. The lowest BCUT2D eigenvalue weighted by Crippen LogP contribution is -2.08. The Bertz CT molecular complexity index is 338. The van der Waals surface area contributed by atoms with E-state index in [-0.39, 0.29) is 12.3 Å². The zero-order valence-electron chi connectivity index (χ0n) is 9.76. The summed E-state index contributed by atoms with van der Waals surface area (Å²) in [7, 11) is 0. The van der Waals surface area contributed by atoms with Gasteiger partial charge in [0.1, 0.15) is 5.69 Å². The molecule has 17 heavy (non-hydrogen) atoms. The third-order valence-electron chi connectivity index (χ3n) is 2.28. The Morgan fingerprint density at radius 3 is 2.71 bits per heavy atom. The lowest BCUT2D eigenvalue weighted by molar-refractivity contribution is 0.0490. The SMILES string of the molecule is Nc1ccc(C(=O)OCCCCCCO)nc1. The Labute approximate surface area is 101 Å². The number of nitrogens with zero attached hydrogens (tertiary/aromatic N) is 1. The summed E-state index contributed by atoms with van der Waals surface area (Å²) in [5, 5.41) is 8.58. The molecule has 94 valence electrons. The molecule has 1 heterocycles. The molecular weight excluding hydrogens is 220 g/mol. The Morgan fingerprint density at radius 2 is 2.06 bits per heavy atom. The molecule has 0 unspecified atom stereocenters. The minimum atomic E-state index is -0.424. The number of anilines is 1. The van der Waals surface area contributed by atoms with Crippen LogP contribution in [0.25, 0.3) is 0 Å². The lowest BCUT2D eigenvalue weighted by atomic mass is 10.2. The maximum Gasteiger partial charge on any atom is 0.356 e. The highest BCUT2D eigenvalue weighted by Crippen LogP contribution is 2.04. The number of nitrogen functional groups attached to an aromatic ring is 1. The Kier molecular flexibility index (Phi) is 6.03. The topological polar surface area (TPSA) is 85.4 Å². The van der Waals surface area contributed by atoms with Gasteiger partial charge in [0.25, 0.3) is 0 Å². The van der Waals surface area contributed by atoms with Crippen molar-refractivity contribution in [2.45, 2.75) is 25.7 Å². The average molecular weight is 238 g/mol. The number of aromatic nitrogens is 1. The van der Waals surface area contributed by atoms with Gasteiger partial charge in [-0.2, -0.15) is 0 Å². The molecule has 0 spiro atoms. The number of esters is 1. The van der Waals surface area contributed by atoms with E-state index < -0.39 is 5.97 Å². The van der Waals surface area contributed by atoms with Crippen LogP contribution in [0.15, 0.2) is 18.3 Å². The van der Waals surface area contributed by atoms with Crippen molar-refractivity contribution >= 4 is 11.7 Å². The number of rotatable bonds is 7. The number of carbonyl (C=O) groups excluding carboxylic acids is 1. The molecule has 0 radical (unpaired) electrons. The largest absolute Gasteiger partial charge is 0.461 e. The smallest absolute Gasteiger partial charge is 0.356 e. The van der Waals surface area contributed by atoms with Gasteiger partial charge in [-0.15, -0.1) is 0 Å². The van der Waals surface area contributed by atoms with Gasteiger partial charge < -0.3 is 15.6 Å². The maximum atomic E-state index is 11.5. The van der Waals surface area contributed by atoms with Crippen molar-refractivity contribution < 1.29 is 14.6 Å². The Hall–Kier alpha value is -1.62. The van der Waals surface area contributed by atoms with E-state index in [4.69, 9.17) is 15.6 Å². The number of aliphatic hydroxyl groups excluding tert-OH is 1. The van der Waals surface area contributed by atoms with Crippen molar-refractivity contribution in [1.29, 1.82) is 0 Å². The first-order chi connectivity index (χ1) is 8.24. The summed E-state index contributed by atoms with van der Waals surface area (Å²) >= 11 is 0. The van der Waals surface area contributed by atoms with Crippen molar-refractivity contribution in [2.75, 3.05) is 18.9 Å². The van der Waals surface area contributed by atoms with Gasteiger partial charge in [-0.1, -0.05) is 6.42 Å². The third-order valence-corrected chi connectivity index (χ3v) is 2.28. The predicted octanol–water partition coefficient (Wildman–Crippen LogP) is 1.37. The summed E-state index contributed by atoms with van der Waals surface area (Å²) < 4.78 is 5.04. The van der Waals surface area contributed by atoms with E-state index in [0.717, 1.165) is 25.7 Å². The van der Waals surface area contributed by atoms with Gasteiger partial charge in [0.15, 0.2) is 0 Å². The van der Waals surface area contributed by atoms with E-state index in [1.165, 1.54) is 6.20 Å². The van der Waals surface area contributed by atoms with Gasteiger partial charge in [0.05, 0.1) is 18.5 Å². The second kappa shape index (κ2) is 7.62. The molecule has 0 aliphatic rings. The van der Waals surface area contributed by atoms with E-state index in [9.17, 15) is 4.79 Å². The summed E-state index contributed by atoms with van der Waals surface area (Å²) in [5.74, 6) is -0.424. The normalized spacial score (nSPS) is 10.2. The molecule has 3 N–H and O–H groups in total. The summed E-state index contributed by atoms with van der Waals surface area (Å²) in [5.41, 5.74) is 6.25. The van der Waals surface area contributed by atoms with Crippen LogP contribution < -0.4 is 5.73 Å². The molecule has 1 aromatic rings. The van der Waals surface area contributed by atoms with Crippen LogP contribution in [0.2, 0.25) is 0 Å². The van der Waals surface area contributed by atoms with Crippen LogP contribution in [-0.2, 0) is 4.74 Å². The number of ether oxygens (including phenoxy) is 1. The molecule has 5 nitrogen and oxygen atoms in total. The van der Waals surface area contributed by atoms with E-state index in [0.29, 0.717) is 12.3 Å². The van der Waals surface area contributed by atoms with Crippen LogP contribution in [0, 0.1) is 0 Å². The minimum absolute atomic E-state index is 0.217. The number of nitrogens with two attached hydrogens (primary N) is 1. The second-order valence-corrected chi connectivity index (χ2v) is 3.75. The fourth-order valence-corrected chi connectivity index (χ4v) is 1.33. The molecule has 0 saturated heterocycles. The van der Waals surface area contributed by atoms with Crippen LogP contribution in [0.5, 0.6) is 0 Å². The van der Waals surface area contributed by atoms with E-state index in [1.54, 1.807) is 12.1 Å². The van der Waals surface area contributed by atoms with Gasteiger partial charge in [-0.05, 0) is 31.4 Å². The zero-order valence-corrected chi connectivity index (χ0v) is 9.76. The molecule has 1 aromatic heterocycles. The standard InChI is InChI=1S/C12H18N2O3/c13-10-5-6-11(14-9-10)12(16)17-8-4-2-1-3-7-15/h5-6,9,15H,1-4,7-8,13H2. The highest BCUT2D eigenvalue weighted by atomic mass is 16.5. The highest BCUT2D eigenvalue weighted by molar-refractivity contribution is 5.87. The summed E-state index contributed by atoms with van der Waals surface area (Å²) in [6.45, 7) is 0.603.